The van der Waals surface area contributed by atoms with Crippen LogP contribution in [0.1, 0.15) is 17.0 Å². The van der Waals surface area contributed by atoms with Crippen molar-refractivity contribution in [3.63, 3.8) is 0 Å². The molecule has 2 aromatic carbocycles. The SMILES string of the molecule is O=C(O)C(Cc1cccc(F)c1Br)c1ccccc1. The van der Waals surface area contributed by atoms with Crippen LogP contribution in [-0.2, 0) is 11.2 Å². The summed E-state index contributed by atoms with van der Waals surface area (Å²) < 4.78 is 13.8. The summed E-state index contributed by atoms with van der Waals surface area (Å²) in [6.07, 6.45) is 0.248. The summed E-state index contributed by atoms with van der Waals surface area (Å²) in [6.45, 7) is 0. The molecule has 0 fully saturated rings. The van der Waals surface area contributed by atoms with Crippen LogP contribution in [-0.4, -0.2) is 11.1 Å². The summed E-state index contributed by atoms with van der Waals surface area (Å²) in [5, 5.41) is 9.34. The second kappa shape index (κ2) is 5.97. The highest BCUT2D eigenvalue weighted by atomic mass is 79.9. The van der Waals surface area contributed by atoms with Crippen molar-refractivity contribution in [2.45, 2.75) is 12.3 Å². The monoisotopic (exact) mass is 322 g/mol. The largest absolute Gasteiger partial charge is 0.481 e. The fraction of sp³-hybridized carbons (Fsp3) is 0.133. The van der Waals surface area contributed by atoms with Crippen LogP contribution in [0.25, 0.3) is 0 Å². The van der Waals surface area contributed by atoms with Gasteiger partial charge in [-0.1, -0.05) is 42.5 Å². The molecule has 0 aliphatic rings. The maximum Gasteiger partial charge on any atom is 0.311 e. The molecule has 98 valence electrons. The molecule has 2 aromatic rings. The van der Waals surface area contributed by atoms with E-state index in [9.17, 15) is 14.3 Å². The third-order valence-corrected chi connectivity index (χ3v) is 3.84. The third kappa shape index (κ3) is 3.20. The number of carboxylic acids is 1. The van der Waals surface area contributed by atoms with E-state index in [-0.39, 0.29) is 12.2 Å². The molecular weight excluding hydrogens is 311 g/mol. The Hall–Kier alpha value is -1.68. The van der Waals surface area contributed by atoms with E-state index in [1.807, 2.05) is 6.07 Å². The number of carboxylic acid groups (broad SMARTS) is 1. The van der Waals surface area contributed by atoms with Gasteiger partial charge in [0, 0.05) is 0 Å². The molecule has 0 heterocycles. The molecule has 1 atom stereocenters. The predicted molar refractivity (Wildman–Crippen MR) is 74.6 cm³/mol. The van der Waals surface area contributed by atoms with Gasteiger partial charge < -0.3 is 5.11 Å². The van der Waals surface area contributed by atoms with Crippen molar-refractivity contribution in [3.05, 3.63) is 69.9 Å². The summed E-state index contributed by atoms with van der Waals surface area (Å²) >= 11 is 3.16. The Morgan fingerprint density at radius 1 is 1.16 bits per heavy atom. The molecule has 2 rings (SSSR count). The first kappa shape index (κ1) is 13.7. The summed E-state index contributed by atoms with van der Waals surface area (Å²) in [4.78, 5) is 11.4. The van der Waals surface area contributed by atoms with Gasteiger partial charge in [-0.25, -0.2) is 4.39 Å². The molecule has 0 radical (unpaired) electrons. The van der Waals surface area contributed by atoms with Gasteiger partial charge >= 0.3 is 5.97 Å². The lowest BCUT2D eigenvalue weighted by atomic mass is 9.92. The van der Waals surface area contributed by atoms with E-state index in [1.165, 1.54) is 6.07 Å². The van der Waals surface area contributed by atoms with E-state index in [0.717, 1.165) is 0 Å². The van der Waals surface area contributed by atoms with Crippen molar-refractivity contribution < 1.29 is 14.3 Å². The van der Waals surface area contributed by atoms with Crippen LogP contribution in [0.3, 0.4) is 0 Å². The summed E-state index contributed by atoms with van der Waals surface area (Å²) in [7, 11) is 0. The van der Waals surface area contributed by atoms with E-state index >= 15 is 0 Å². The zero-order valence-electron chi connectivity index (χ0n) is 10.0. The van der Waals surface area contributed by atoms with Gasteiger partial charge in [0.1, 0.15) is 5.82 Å². The summed E-state index contributed by atoms with van der Waals surface area (Å²) in [5.41, 5.74) is 1.36. The molecule has 0 saturated heterocycles. The van der Waals surface area contributed by atoms with Crippen LogP contribution in [0.4, 0.5) is 4.39 Å². The first-order chi connectivity index (χ1) is 9.09. The number of aliphatic carboxylic acids is 1. The maximum absolute atomic E-state index is 13.4. The van der Waals surface area contributed by atoms with Crippen LogP contribution < -0.4 is 0 Å². The number of hydrogen-bond donors (Lipinski definition) is 1. The summed E-state index contributed by atoms with van der Waals surface area (Å²) in [6, 6.07) is 13.6. The number of benzene rings is 2. The van der Waals surface area contributed by atoms with Gasteiger partial charge in [-0.2, -0.15) is 0 Å². The van der Waals surface area contributed by atoms with Crippen molar-refractivity contribution >= 4 is 21.9 Å². The molecule has 0 bridgehead atoms. The quantitative estimate of drug-likeness (QED) is 0.923. The van der Waals surface area contributed by atoms with Gasteiger partial charge in [0.15, 0.2) is 0 Å². The zero-order chi connectivity index (χ0) is 13.8. The van der Waals surface area contributed by atoms with Crippen LogP contribution in [0.5, 0.6) is 0 Å². The van der Waals surface area contributed by atoms with Crippen LogP contribution in [0.15, 0.2) is 53.0 Å². The molecule has 0 saturated carbocycles. The zero-order valence-corrected chi connectivity index (χ0v) is 11.6. The van der Waals surface area contributed by atoms with Gasteiger partial charge in [-0.15, -0.1) is 0 Å². The number of halogens is 2. The molecule has 0 spiro atoms. The number of rotatable bonds is 4. The fourth-order valence-electron chi connectivity index (χ4n) is 1.96. The van der Waals surface area contributed by atoms with Gasteiger partial charge in [0.25, 0.3) is 0 Å². The Morgan fingerprint density at radius 2 is 1.84 bits per heavy atom. The van der Waals surface area contributed by atoms with Gasteiger partial charge in [-0.05, 0) is 39.5 Å². The molecule has 2 nitrogen and oxygen atoms in total. The molecule has 0 amide bonds. The van der Waals surface area contributed by atoms with E-state index in [2.05, 4.69) is 15.9 Å². The predicted octanol–water partition coefficient (Wildman–Crippen LogP) is 4.00. The second-order valence-electron chi connectivity index (χ2n) is 4.22. The van der Waals surface area contributed by atoms with Crippen molar-refractivity contribution in [1.29, 1.82) is 0 Å². The highest BCUT2D eigenvalue weighted by Crippen LogP contribution is 2.27. The van der Waals surface area contributed by atoms with Crippen molar-refractivity contribution in [2.24, 2.45) is 0 Å². The Labute approximate surface area is 119 Å². The first-order valence-electron chi connectivity index (χ1n) is 5.80. The molecule has 1 unspecified atom stereocenters. The topological polar surface area (TPSA) is 37.3 Å². The van der Waals surface area contributed by atoms with Crippen molar-refractivity contribution in [2.75, 3.05) is 0 Å². The lowest BCUT2D eigenvalue weighted by molar-refractivity contribution is -0.138. The molecule has 1 N–H and O–H groups in total. The molecule has 0 aliphatic carbocycles. The van der Waals surface area contributed by atoms with E-state index in [0.29, 0.717) is 15.6 Å². The van der Waals surface area contributed by atoms with Crippen LogP contribution in [0, 0.1) is 5.82 Å². The Kier molecular flexibility index (Phi) is 4.32. The van der Waals surface area contributed by atoms with E-state index in [4.69, 9.17) is 0 Å². The van der Waals surface area contributed by atoms with Crippen LogP contribution in [0.2, 0.25) is 0 Å². The number of hydrogen-bond acceptors (Lipinski definition) is 1. The lowest BCUT2D eigenvalue weighted by Gasteiger charge is -2.14. The third-order valence-electron chi connectivity index (χ3n) is 2.96. The second-order valence-corrected chi connectivity index (χ2v) is 5.01. The first-order valence-corrected chi connectivity index (χ1v) is 6.59. The lowest BCUT2D eigenvalue weighted by Crippen LogP contribution is -2.14. The van der Waals surface area contributed by atoms with Gasteiger partial charge in [0.05, 0.1) is 10.4 Å². The molecule has 0 aromatic heterocycles. The van der Waals surface area contributed by atoms with E-state index < -0.39 is 11.9 Å². The highest BCUT2D eigenvalue weighted by Gasteiger charge is 2.21. The van der Waals surface area contributed by atoms with Crippen molar-refractivity contribution in [1.82, 2.24) is 0 Å². The van der Waals surface area contributed by atoms with E-state index in [1.54, 1.807) is 36.4 Å². The smallest absolute Gasteiger partial charge is 0.311 e. The van der Waals surface area contributed by atoms with Gasteiger partial charge in [-0.3, -0.25) is 4.79 Å². The molecule has 19 heavy (non-hydrogen) atoms. The summed E-state index contributed by atoms with van der Waals surface area (Å²) in [5.74, 6) is -1.98. The molecule has 0 aliphatic heterocycles. The average Bonchev–Trinajstić information content (AvgIpc) is 2.41. The standard InChI is InChI=1S/C15H12BrFO2/c16-14-11(7-4-8-13(14)17)9-12(15(18)19)10-5-2-1-3-6-10/h1-8,12H,9H2,(H,18,19). The minimum absolute atomic E-state index is 0.248. The van der Waals surface area contributed by atoms with Gasteiger partial charge in [0.2, 0.25) is 0 Å². The Bertz CT molecular complexity index is 584. The molecule has 4 heteroatoms. The highest BCUT2D eigenvalue weighted by molar-refractivity contribution is 9.10. The van der Waals surface area contributed by atoms with Crippen molar-refractivity contribution in [3.8, 4) is 0 Å². The minimum atomic E-state index is -0.914. The normalized spacial score (nSPS) is 12.1. The van der Waals surface area contributed by atoms with Crippen LogP contribution >= 0.6 is 15.9 Å². The Morgan fingerprint density at radius 3 is 2.47 bits per heavy atom. The maximum atomic E-state index is 13.4. The Balaban J connectivity index is 2.32. The minimum Gasteiger partial charge on any atom is -0.481 e. The average molecular weight is 323 g/mol. The molecular formula is C15H12BrFO2. The fourth-order valence-corrected chi connectivity index (χ4v) is 2.39. The number of carbonyl (C=O) groups is 1.